The maximum absolute atomic E-state index is 12.8. The van der Waals surface area contributed by atoms with Crippen molar-refractivity contribution in [1.82, 2.24) is 5.32 Å². The van der Waals surface area contributed by atoms with Crippen LogP contribution in [-0.2, 0) is 4.74 Å². The zero-order chi connectivity index (χ0) is 21.4. The van der Waals surface area contributed by atoms with Crippen molar-refractivity contribution in [2.45, 2.75) is 57.6 Å². The smallest absolute Gasteiger partial charge is 0.251 e. The summed E-state index contributed by atoms with van der Waals surface area (Å²) < 4.78 is 5.57. The molecule has 1 amide bonds. The van der Waals surface area contributed by atoms with Crippen molar-refractivity contribution in [3.05, 3.63) is 65.2 Å². The SMILES string of the molecule is CC(C)OCCCNC(=O)c1ccc2c(c1)[C@@H]1[C@H]3CC[C@@H](C3)[C@@H]1[C@@H](c1ccccc1)N2. The molecule has 2 bridgehead atoms. The lowest BCUT2D eigenvalue weighted by Gasteiger charge is -2.43. The Kier molecular flexibility index (Phi) is 5.75. The van der Waals surface area contributed by atoms with Crippen molar-refractivity contribution in [3.8, 4) is 0 Å². The van der Waals surface area contributed by atoms with Crippen molar-refractivity contribution in [1.29, 1.82) is 0 Å². The first-order valence-corrected chi connectivity index (χ1v) is 12.0. The second kappa shape index (κ2) is 8.66. The summed E-state index contributed by atoms with van der Waals surface area (Å²) in [5, 5.41) is 6.93. The van der Waals surface area contributed by atoms with Crippen LogP contribution in [0.5, 0.6) is 0 Å². The summed E-state index contributed by atoms with van der Waals surface area (Å²) in [7, 11) is 0. The Morgan fingerprint density at radius 3 is 2.74 bits per heavy atom. The minimum Gasteiger partial charge on any atom is -0.379 e. The molecule has 164 valence electrons. The van der Waals surface area contributed by atoms with E-state index < -0.39 is 0 Å². The van der Waals surface area contributed by atoms with Gasteiger partial charge in [0.1, 0.15) is 0 Å². The summed E-state index contributed by atoms with van der Waals surface area (Å²) in [5.41, 5.74) is 4.75. The van der Waals surface area contributed by atoms with E-state index in [1.165, 1.54) is 36.1 Å². The van der Waals surface area contributed by atoms with Gasteiger partial charge in [0.2, 0.25) is 0 Å². The molecule has 1 aliphatic heterocycles. The van der Waals surface area contributed by atoms with Gasteiger partial charge in [-0.15, -0.1) is 0 Å². The van der Waals surface area contributed by atoms with Gasteiger partial charge in [0.05, 0.1) is 12.1 Å². The maximum Gasteiger partial charge on any atom is 0.251 e. The molecule has 2 fully saturated rings. The molecule has 3 aliphatic rings. The Morgan fingerprint density at radius 1 is 1.13 bits per heavy atom. The molecule has 2 saturated carbocycles. The van der Waals surface area contributed by atoms with Crippen molar-refractivity contribution < 1.29 is 9.53 Å². The molecule has 5 atom stereocenters. The van der Waals surface area contributed by atoms with Crippen molar-refractivity contribution in [2.75, 3.05) is 18.5 Å². The fraction of sp³-hybridized carbons (Fsp3) is 0.519. The van der Waals surface area contributed by atoms with Gasteiger partial charge in [-0.3, -0.25) is 4.79 Å². The quantitative estimate of drug-likeness (QED) is 0.582. The third-order valence-electron chi connectivity index (χ3n) is 7.57. The van der Waals surface area contributed by atoms with Gasteiger partial charge in [0, 0.05) is 24.4 Å². The van der Waals surface area contributed by atoms with E-state index in [0.29, 0.717) is 31.0 Å². The van der Waals surface area contributed by atoms with Crippen LogP contribution in [0.1, 0.15) is 73.0 Å². The molecule has 2 aromatic rings. The molecule has 4 nitrogen and oxygen atoms in total. The number of amides is 1. The van der Waals surface area contributed by atoms with E-state index in [-0.39, 0.29) is 12.0 Å². The molecular formula is C27H34N2O2. The molecule has 2 aromatic carbocycles. The summed E-state index contributed by atoms with van der Waals surface area (Å²) in [6, 6.07) is 17.6. The Labute approximate surface area is 185 Å². The average Bonchev–Trinajstić information content (AvgIpc) is 3.41. The lowest BCUT2D eigenvalue weighted by atomic mass is 9.68. The fourth-order valence-corrected chi connectivity index (χ4v) is 6.31. The van der Waals surface area contributed by atoms with Crippen LogP contribution in [0.15, 0.2) is 48.5 Å². The van der Waals surface area contributed by atoms with Crippen LogP contribution >= 0.6 is 0 Å². The van der Waals surface area contributed by atoms with Crippen LogP contribution in [0.4, 0.5) is 5.69 Å². The maximum atomic E-state index is 12.8. The van der Waals surface area contributed by atoms with Crippen LogP contribution < -0.4 is 10.6 Å². The molecular weight excluding hydrogens is 384 g/mol. The third-order valence-corrected chi connectivity index (χ3v) is 7.57. The first-order valence-electron chi connectivity index (χ1n) is 12.0. The summed E-state index contributed by atoms with van der Waals surface area (Å²) in [4.78, 5) is 12.8. The van der Waals surface area contributed by atoms with Gasteiger partial charge in [-0.25, -0.2) is 0 Å². The third kappa shape index (κ3) is 3.98. The van der Waals surface area contributed by atoms with Crippen LogP contribution in [0.25, 0.3) is 0 Å². The normalized spacial score (nSPS) is 28.2. The molecule has 1 heterocycles. The van der Waals surface area contributed by atoms with Crippen molar-refractivity contribution in [2.24, 2.45) is 17.8 Å². The Bertz CT molecular complexity index is 926. The van der Waals surface area contributed by atoms with E-state index >= 15 is 0 Å². The van der Waals surface area contributed by atoms with E-state index in [2.05, 4.69) is 53.1 Å². The summed E-state index contributed by atoms with van der Waals surface area (Å²) in [5.74, 6) is 2.76. The van der Waals surface area contributed by atoms with Gasteiger partial charge < -0.3 is 15.4 Å². The van der Waals surface area contributed by atoms with Crippen LogP contribution in [0.2, 0.25) is 0 Å². The molecule has 31 heavy (non-hydrogen) atoms. The monoisotopic (exact) mass is 418 g/mol. The second-order valence-corrected chi connectivity index (χ2v) is 9.80. The number of fused-ring (bicyclic) bond motifs is 7. The lowest BCUT2D eigenvalue weighted by molar-refractivity contribution is 0.0757. The van der Waals surface area contributed by atoms with Gasteiger partial charge in [-0.2, -0.15) is 0 Å². The number of carbonyl (C=O) groups is 1. The van der Waals surface area contributed by atoms with E-state index in [1.54, 1.807) is 0 Å². The van der Waals surface area contributed by atoms with E-state index in [4.69, 9.17) is 4.74 Å². The predicted octanol–water partition coefficient (Wildman–Crippen LogP) is 5.53. The minimum atomic E-state index is 0.0252. The summed E-state index contributed by atoms with van der Waals surface area (Å²) >= 11 is 0. The highest BCUT2D eigenvalue weighted by Gasteiger charge is 2.53. The standard InChI is InChI=1S/C27H34N2O2/c1-17(2)31-14-6-13-28-27(30)21-11-12-23-22(16-21)24-19-9-10-20(15-19)25(24)26(29-23)18-7-4-3-5-8-18/h3-5,7-8,11-12,16-17,19-20,24-26,29H,6,9-10,13-15H2,1-2H3,(H,28,30)/t19-,20-,24-,25-,26+/m0/s1. The number of carbonyl (C=O) groups excluding carboxylic acids is 1. The van der Waals surface area contributed by atoms with Crippen molar-refractivity contribution >= 4 is 11.6 Å². The number of hydrogen-bond acceptors (Lipinski definition) is 3. The largest absolute Gasteiger partial charge is 0.379 e. The van der Waals surface area contributed by atoms with E-state index in [9.17, 15) is 4.79 Å². The summed E-state index contributed by atoms with van der Waals surface area (Å²) in [6.07, 6.45) is 5.10. The highest BCUT2D eigenvalue weighted by molar-refractivity contribution is 5.95. The van der Waals surface area contributed by atoms with Gasteiger partial charge in [0.15, 0.2) is 0 Å². The topological polar surface area (TPSA) is 50.4 Å². The van der Waals surface area contributed by atoms with Crippen LogP contribution in [0.3, 0.4) is 0 Å². The lowest BCUT2D eigenvalue weighted by Crippen LogP contribution is -2.35. The number of rotatable bonds is 7. The number of hydrogen-bond donors (Lipinski definition) is 2. The predicted molar refractivity (Wildman–Crippen MR) is 124 cm³/mol. The van der Waals surface area contributed by atoms with E-state index in [1.807, 2.05) is 19.9 Å². The number of ether oxygens (including phenoxy) is 1. The van der Waals surface area contributed by atoms with Gasteiger partial charge in [0.25, 0.3) is 5.91 Å². The first-order chi connectivity index (χ1) is 15.1. The van der Waals surface area contributed by atoms with Crippen molar-refractivity contribution in [3.63, 3.8) is 0 Å². The first kappa shape index (κ1) is 20.6. The Hall–Kier alpha value is -2.33. The summed E-state index contributed by atoms with van der Waals surface area (Å²) in [6.45, 7) is 5.39. The molecule has 2 N–H and O–H groups in total. The highest BCUT2D eigenvalue weighted by Crippen LogP contribution is 2.63. The van der Waals surface area contributed by atoms with Gasteiger partial charge in [-0.05, 0) is 92.5 Å². The molecule has 2 aliphatic carbocycles. The number of benzene rings is 2. The van der Waals surface area contributed by atoms with Crippen LogP contribution in [-0.4, -0.2) is 25.2 Å². The number of nitrogens with one attached hydrogen (secondary N) is 2. The minimum absolute atomic E-state index is 0.0252. The highest BCUT2D eigenvalue weighted by atomic mass is 16.5. The molecule has 0 saturated heterocycles. The molecule has 0 aromatic heterocycles. The van der Waals surface area contributed by atoms with Gasteiger partial charge >= 0.3 is 0 Å². The second-order valence-electron chi connectivity index (χ2n) is 9.80. The fourth-order valence-electron chi connectivity index (χ4n) is 6.31. The number of anilines is 1. The zero-order valence-corrected chi connectivity index (χ0v) is 18.6. The Morgan fingerprint density at radius 2 is 1.94 bits per heavy atom. The molecule has 0 unspecified atom stereocenters. The molecule has 0 spiro atoms. The molecule has 5 rings (SSSR count). The van der Waals surface area contributed by atoms with Gasteiger partial charge in [-0.1, -0.05) is 30.3 Å². The Balaban J connectivity index is 1.35. The average molecular weight is 419 g/mol. The molecule has 4 heteroatoms. The molecule has 0 radical (unpaired) electrons. The zero-order valence-electron chi connectivity index (χ0n) is 18.6. The van der Waals surface area contributed by atoms with E-state index in [0.717, 1.165) is 23.8 Å². The van der Waals surface area contributed by atoms with Crippen LogP contribution in [0, 0.1) is 17.8 Å².